The number of hydrogen-bond donors (Lipinski definition) is 0. The van der Waals surface area contributed by atoms with Crippen molar-refractivity contribution in [2.75, 3.05) is 6.56 Å². The lowest BCUT2D eigenvalue weighted by atomic mass is 10.1. The summed E-state index contributed by atoms with van der Waals surface area (Å²) in [5.74, 6) is 0. The fourth-order valence-corrected chi connectivity index (χ4v) is 1.75. The smallest absolute Gasteiger partial charge is 0.101 e. The maximum Gasteiger partial charge on any atom is 0.101 e. The van der Waals surface area contributed by atoms with Crippen LogP contribution in [0.1, 0.15) is 20.0 Å². The van der Waals surface area contributed by atoms with Crippen molar-refractivity contribution in [2.45, 2.75) is 6.10 Å². The Morgan fingerprint density at radius 3 is 2.32 bits per heavy atom. The van der Waals surface area contributed by atoms with Gasteiger partial charge in [-0.15, -0.1) is 6.58 Å². The highest BCUT2D eigenvalue weighted by Crippen LogP contribution is 2.20. The van der Waals surface area contributed by atoms with E-state index in [1.807, 2.05) is 72.8 Å². The Bertz CT molecular complexity index is 591. The third kappa shape index (κ3) is 4.23. The van der Waals surface area contributed by atoms with E-state index in [0.717, 1.165) is 11.1 Å². The summed E-state index contributed by atoms with van der Waals surface area (Å²) in [6.45, 7) is 1.60. The molecule has 1 heteroatoms. The van der Waals surface area contributed by atoms with Gasteiger partial charge in [-0.25, -0.2) is 0 Å². The van der Waals surface area contributed by atoms with Gasteiger partial charge in [-0.3, -0.25) is 0 Å². The van der Waals surface area contributed by atoms with Crippen molar-refractivity contribution < 1.29 is 7.48 Å². The van der Waals surface area contributed by atoms with Crippen LogP contribution in [0.3, 0.4) is 0 Å². The van der Waals surface area contributed by atoms with Crippen LogP contribution in [0.15, 0.2) is 79.4 Å². The predicted molar refractivity (Wildman–Crippen MR) is 80.8 cm³/mol. The van der Waals surface area contributed by atoms with Gasteiger partial charge in [-0.1, -0.05) is 78.9 Å². The third-order valence-corrected chi connectivity index (χ3v) is 2.67. The first-order valence-corrected chi connectivity index (χ1v) is 6.20. The molecule has 0 amide bonds. The van der Waals surface area contributed by atoms with Crippen molar-refractivity contribution >= 4 is 6.08 Å². The van der Waals surface area contributed by atoms with E-state index in [9.17, 15) is 0 Å². The van der Waals surface area contributed by atoms with Crippen LogP contribution in [0.5, 0.6) is 0 Å². The van der Waals surface area contributed by atoms with Gasteiger partial charge in [-0.05, 0) is 11.1 Å². The lowest BCUT2D eigenvalue weighted by Gasteiger charge is -2.13. The molecule has 0 N–H and O–H groups in total. The van der Waals surface area contributed by atoms with Crippen LogP contribution in [0.4, 0.5) is 0 Å². The maximum absolute atomic E-state index is 7.73. The molecule has 2 aromatic rings. The van der Waals surface area contributed by atoms with Gasteiger partial charge in [0.15, 0.2) is 0 Å². The molecule has 1 atom stereocenters. The monoisotopic (exact) mass is 252 g/mol. The molecule has 0 fully saturated rings. The molecule has 1 unspecified atom stereocenters. The predicted octanol–water partition coefficient (Wildman–Crippen LogP) is 4.64. The number of benzene rings is 2. The van der Waals surface area contributed by atoms with Crippen LogP contribution in [0.2, 0.25) is 0 Å². The second-order valence-corrected chi connectivity index (χ2v) is 4.04. The van der Waals surface area contributed by atoms with Crippen LogP contribution < -0.4 is 0 Å². The van der Waals surface area contributed by atoms with Gasteiger partial charge in [0, 0.05) is 0 Å². The minimum atomic E-state index is -1.87. The summed E-state index contributed by atoms with van der Waals surface area (Å²) in [4.78, 5) is 0. The summed E-state index contributed by atoms with van der Waals surface area (Å²) >= 11 is 0. The van der Waals surface area contributed by atoms with Crippen LogP contribution >= 0.6 is 0 Å². The summed E-state index contributed by atoms with van der Waals surface area (Å²) < 4.78 is 21.0. The Morgan fingerprint density at radius 1 is 1.05 bits per heavy atom. The lowest BCUT2D eigenvalue weighted by Crippen LogP contribution is -2.01. The third-order valence-electron chi connectivity index (χ3n) is 2.67. The first-order chi connectivity index (χ1) is 10.1. The Hall–Kier alpha value is -2.12. The summed E-state index contributed by atoms with van der Waals surface area (Å²) in [7, 11) is 0. The average Bonchev–Trinajstić information content (AvgIpc) is 2.53. The van der Waals surface area contributed by atoms with Crippen molar-refractivity contribution in [3.63, 3.8) is 0 Å². The maximum atomic E-state index is 7.73. The van der Waals surface area contributed by atoms with Crippen molar-refractivity contribution in [3.05, 3.63) is 90.5 Å². The molecule has 96 valence electrons. The molecule has 0 saturated carbocycles. The number of rotatable bonds is 6. The molecular formula is C18H18O. The summed E-state index contributed by atoms with van der Waals surface area (Å²) in [5.41, 5.74) is 1.94. The lowest BCUT2D eigenvalue weighted by molar-refractivity contribution is 0.111. The zero-order chi connectivity index (χ0) is 15.1. The second kappa shape index (κ2) is 7.34. The van der Waals surface area contributed by atoms with Gasteiger partial charge >= 0.3 is 0 Å². The first kappa shape index (κ1) is 10.8. The van der Waals surface area contributed by atoms with Crippen molar-refractivity contribution in [3.8, 4) is 0 Å². The van der Waals surface area contributed by atoms with E-state index >= 15 is 0 Å². The van der Waals surface area contributed by atoms with Gasteiger partial charge in [0.05, 0.1) is 9.30 Å². The minimum absolute atomic E-state index is 0.473. The highest BCUT2D eigenvalue weighted by atomic mass is 16.5. The van der Waals surface area contributed by atoms with Gasteiger partial charge in [-0.2, -0.15) is 0 Å². The quantitative estimate of drug-likeness (QED) is 0.680. The molecule has 0 aliphatic rings. The largest absolute Gasteiger partial charge is 0.365 e. The van der Waals surface area contributed by atoms with Crippen molar-refractivity contribution in [2.24, 2.45) is 0 Å². The van der Waals surface area contributed by atoms with E-state index in [-0.39, 0.29) is 0 Å². The number of ether oxygens (including phenoxy) is 1. The fraction of sp³-hybridized carbons (Fsp3) is 0.111. The minimum Gasteiger partial charge on any atom is -0.365 e. The molecule has 0 saturated heterocycles. The summed E-state index contributed by atoms with van der Waals surface area (Å²) in [6.07, 6.45) is 4.47. The highest BCUT2D eigenvalue weighted by Gasteiger charge is 2.06. The molecule has 2 aromatic carbocycles. The summed E-state index contributed by atoms with van der Waals surface area (Å²) in [5, 5.41) is 0. The van der Waals surface area contributed by atoms with Crippen LogP contribution in [0, 0.1) is 0 Å². The zero-order valence-electron chi connectivity index (χ0n) is 12.7. The standard InChI is InChI=1S/C18H18O/c1-2-15-19-18(17-11-7-4-8-12-17)14-13-16-9-5-3-6-10-16/h2-14,18H,1,15H2/b14-13+/i15D2. The molecular weight excluding hydrogens is 232 g/mol. The van der Waals surface area contributed by atoms with E-state index in [4.69, 9.17) is 7.48 Å². The average molecular weight is 252 g/mol. The molecule has 0 aromatic heterocycles. The molecule has 19 heavy (non-hydrogen) atoms. The molecule has 0 spiro atoms. The molecule has 0 bridgehead atoms. The molecule has 0 aliphatic carbocycles. The SMILES string of the molecule is [2H]C([2H])(C=C)OC(/C=C/c1ccccc1)c1ccccc1. The van der Waals surface area contributed by atoms with Gasteiger partial charge in [0.1, 0.15) is 6.10 Å². The van der Waals surface area contributed by atoms with Crippen LogP contribution in [-0.2, 0) is 4.74 Å². The second-order valence-electron chi connectivity index (χ2n) is 4.04. The molecule has 2 rings (SSSR count). The highest BCUT2D eigenvalue weighted by molar-refractivity contribution is 5.50. The Labute approximate surface area is 117 Å². The fourth-order valence-electron chi connectivity index (χ4n) is 1.75. The molecule has 0 radical (unpaired) electrons. The zero-order valence-corrected chi connectivity index (χ0v) is 10.7. The Morgan fingerprint density at radius 2 is 1.68 bits per heavy atom. The molecule has 0 aliphatic heterocycles. The van der Waals surface area contributed by atoms with E-state index < -0.39 is 12.7 Å². The van der Waals surface area contributed by atoms with E-state index in [2.05, 4.69) is 6.58 Å². The molecule has 1 nitrogen and oxygen atoms in total. The van der Waals surface area contributed by atoms with Gasteiger partial charge in [0.25, 0.3) is 0 Å². The normalized spacial score (nSPS) is 14.7. The van der Waals surface area contributed by atoms with Gasteiger partial charge < -0.3 is 4.74 Å². The van der Waals surface area contributed by atoms with E-state index in [1.54, 1.807) is 0 Å². The Kier molecular flexibility index (Phi) is 4.16. The van der Waals surface area contributed by atoms with E-state index in [1.165, 1.54) is 6.08 Å². The van der Waals surface area contributed by atoms with E-state index in [0.29, 0.717) is 0 Å². The van der Waals surface area contributed by atoms with Crippen molar-refractivity contribution in [1.29, 1.82) is 0 Å². The van der Waals surface area contributed by atoms with Crippen LogP contribution in [-0.4, -0.2) is 6.56 Å². The molecule has 0 heterocycles. The van der Waals surface area contributed by atoms with Crippen molar-refractivity contribution in [1.82, 2.24) is 0 Å². The number of hydrogen-bond acceptors (Lipinski definition) is 1. The Balaban J connectivity index is 2.24. The van der Waals surface area contributed by atoms with Gasteiger partial charge in [0.2, 0.25) is 0 Å². The topological polar surface area (TPSA) is 9.23 Å². The van der Waals surface area contributed by atoms with Crippen LogP contribution in [0.25, 0.3) is 6.08 Å². The summed E-state index contributed by atoms with van der Waals surface area (Å²) in [6, 6.07) is 19.4. The first-order valence-electron chi connectivity index (χ1n) is 7.20.